The van der Waals surface area contributed by atoms with Crippen molar-refractivity contribution in [3.8, 4) is 0 Å². The number of hydrogen-bond acceptors (Lipinski definition) is 1. The Morgan fingerprint density at radius 1 is 1.41 bits per heavy atom. The van der Waals surface area contributed by atoms with Crippen molar-refractivity contribution < 1.29 is 5.10 Å². The third-order valence-electron chi connectivity index (χ3n) is 1.78. The Labute approximate surface area is 115 Å². The van der Waals surface area contributed by atoms with Crippen LogP contribution < -0.4 is 15.8 Å². The van der Waals surface area contributed by atoms with E-state index in [0.29, 0.717) is 21.7 Å². The Hall–Kier alpha value is -1.10. The Balaban J connectivity index is 2.50. The molecule has 3 nitrogen and oxygen atoms in total. The monoisotopic (exact) mass is 288 g/mol. The van der Waals surface area contributed by atoms with Crippen molar-refractivity contribution in [2.45, 2.75) is 0 Å². The molecule has 0 unspecified atom stereocenters. The third-order valence-corrected chi connectivity index (χ3v) is 2.76. The highest BCUT2D eigenvalue weighted by Gasteiger charge is 1.99. The van der Waals surface area contributed by atoms with Gasteiger partial charge in [-0.1, -0.05) is 29.3 Å². The van der Waals surface area contributed by atoms with Crippen LogP contribution in [0.15, 0.2) is 30.9 Å². The molecule has 0 fully saturated rings. The highest BCUT2D eigenvalue weighted by Crippen LogP contribution is 2.21. The molecule has 0 heterocycles. The summed E-state index contributed by atoms with van der Waals surface area (Å²) in [6.45, 7) is 4.18. The first-order valence-corrected chi connectivity index (χ1v) is 5.98. The van der Waals surface area contributed by atoms with Gasteiger partial charge in [0.1, 0.15) is 0 Å². The van der Waals surface area contributed by atoms with Crippen molar-refractivity contribution in [3.05, 3.63) is 46.5 Å². The van der Waals surface area contributed by atoms with E-state index in [1.54, 1.807) is 24.4 Å². The second-order valence-corrected chi connectivity index (χ2v) is 4.31. The minimum Gasteiger partial charge on any atom is -0.355 e. The molecule has 1 aromatic rings. The SMILES string of the molecule is C=CCNC(=S)N[NH+]=Cc1ccc(Cl)c(Cl)c1. The van der Waals surface area contributed by atoms with Crippen LogP contribution in [0.4, 0.5) is 0 Å². The standard InChI is InChI=1S/C11H11Cl2N3S/c1-2-5-14-11(17)16-15-7-8-3-4-9(12)10(13)6-8/h2-4,6-7H,1,5H2,(H2,14,16,17)/p+1. The van der Waals surface area contributed by atoms with E-state index >= 15 is 0 Å². The van der Waals surface area contributed by atoms with Crippen molar-refractivity contribution in [2.75, 3.05) is 6.54 Å². The molecule has 0 amide bonds. The maximum atomic E-state index is 5.87. The van der Waals surface area contributed by atoms with Gasteiger partial charge < -0.3 is 5.32 Å². The first-order valence-electron chi connectivity index (χ1n) is 4.82. The smallest absolute Gasteiger partial charge is 0.224 e. The molecule has 0 aliphatic carbocycles. The summed E-state index contributed by atoms with van der Waals surface area (Å²) in [6, 6.07) is 5.31. The van der Waals surface area contributed by atoms with Gasteiger partial charge in [0.15, 0.2) is 6.21 Å². The predicted octanol–water partition coefficient (Wildman–Crippen LogP) is 1.06. The van der Waals surface area contributed by atoms with E-state index in [-0.39, 0.29) is 0 Å². The van der Waals surface area contributed by atoms with E-state index in [2.05, 4.69) is 22.4 Å². The number of hydrazone groups is 1. The maximum Gasteiger partial charge on any atom is 0.224 e. The lowest BCUT2D eigenvalue weighted by molar-refractivity contribution is -0.500. The summed E-state index contributed by atoms with van der Waals surface area (Å²) in [7, 11) is 0. The molecule has 0 bridgehead atoms. The van der Waals surface area contributed by atoms with Crippen molar-refractivity contribution in [2.24, 2.45) is 0 Å². The lowest BCUT2D eigenvalue weighted by Crippen LogP contribution is -2.82. The second-order valence-electron chi connectivity index (χ2n) is 3.09. The van der Waals surface area contributed by atoms with Crippen LogP contribution in [0, 0.1) is 0 Å². The van der Waals surface area contributed by atoms with Crippen LogP contribution in [-0.2, 0) is 0 Å². The molecule has 90 valence electrons. The lowest BCUT2D eigenvalue weighted by atomic mass is 10.2. The van der Waals surface area contributed by atoms with Gasteiger partial charge in [0.05, 0.1) is 10.0 Å². The average molecular weight is 289 g/mol. The van der Waals surface area contributed by atoms with Gasteiger partial charge in [0.25, 0.3) is 0 Å². The van der Waals surface area contributed by atoms with E-state index in [0.717, 1.165) is 5.56 Å². The fourth-order valence-corrected chi connectivity index (χ4v) is 1.44. The molecule has 0 saturated carbocycles. The largest absolute Gasteiger partial charge is 0.355 e. The van der Waals surface area contributed by atoms with Gasteiger partial charge in [0, 0.05) is 12.1 Å². The number of hydrogen-bond donors (Lipinski definition) is 3. The maximum absolute atomic E-state index is 5.87. The molecule has 3 N–H and O–H groups in total. The number of thiocarbonyl (C=S) groups is 1. The van der Waals surface area contributed by atoms with Crippen molar-refractivity contribution in [1.82, 2.24) is 10.7 Å². The molecular formula is C11H12Cl2N3S+. The first-order chi connectivity index (χ1) is 8.13. The van der Waals surface area contributed by atoms with Crippen LogP contribution in [0.1, 0.15) is 5.56 Å². The van der Waals surface area contributed by atoms with Gasteiger partial charge in [-0.25, -0.2) is 0 Å². The van der Waals surface area contributed by atoms with Crippen molar-refractivity contribution in [3.63, 3.8) is 0 Å². The van der Waals surface area contributed by atoms with Gasteiger partial charge in [-0.05, 0) is 30.4 Å². The molecule has 0 atom stereocenters. The van der Waals surface area contributed by atoms with E-state index < -0.39 is 0 Å². The fourth-order valence-electron chi connectivity index (χ4n) is 0.996. The third kappa shape index (κ3) is 5.17. The fraction of sp³-hybridized carbons (Fsp3) is 0.0909. The lowest BCUT2D eigenvalue weighted by Gasteiger charge is -1.99. The summed E-state index contributed by atoms with van der Waals surface area (Å²) in [6.07, 6.45) is 3.45. The Morgan fingerprint density at radius 2 is 2.18 bits per heavy atom. The molecule has 0 aliphatic heterocycles. The number of hydrazine groups is 1. The van der Waals surface area contributed by atoms with E-state index in [1.807, 2.05) is 6.07 Å². The molecule has 1 rings (SSSR count). The molecule has 0 aromatic heterocycles. The summed E-state index contributed by atoms with van der Waals surface area (Å²) in [5.41, 5.74) is 3.68. The highest BCUT2D eigenvalue weighted by atomic mass is 35.5. The molecule has 0 radical (unpaired) electrons. The Bertz CT molecular complexity index is 446. The summed E-state index contributed by atoms with van der Waals surface area (Å²) < 4.78 is 0. The molecule has 0 aliphatic rings. The van der Waals surface area contributed by atoms with E-state index in [4.69, 9.17) is 35.4 Å². The number of halogens is 2. The van der Waals surface area contributed by atoms with Crippen LogP contribution >= 0.6 is 35.4 Å². The Morgan fingerprint density at radius 3 is 2.82 bits per heavy atom. The van der Waals surface area contributed by atoms with Gasteiger partial charge in [-0.2, -0.15) is 0 Å². The van der Waals surface area contributed by atoms with Gasteiger partial charge >= 0.3 is 0 Å². The van der Waals surface area contributed by atoms with E-state index in [9.17, 15) is 0 Å². The molecule has 6 heteroatoms. The average Bonchev–Trinajstić information content (AvgIpc) is 2.31. The number of rotatable bonds is 4. The van der Waals surface area contributed by atoms with Gasteiger partial charge in [-0.15, -0.1) is 17.1 Å². The summed E-state index contributed by atoms with van der Waals surface area (Å²) in [5, 5.41) is 7.28. The van der Waals surface area contributed by atoms with Gasteiger partial charge in [0.2, 0.25) is 5.11 Å². The minimum atomic E-state index is 0.487. The zero-order valence-electron chi connectivity index (χ0n) is 8.97. The van der Waals surface area contributed by atoms with Crippen LogP contribution in [0.2, 0.25) is 10.0 Å². The van der Waals surface area contributed by atoms with E-state index in [1.165, 1.54) is 0 Å². The van der Waals surface area contributed by atoms with Crippen LogP contribution in [0.25, 0.3) is 0 Å². The predicted molar refractivity (Wildman–Crippen MR) is 76.5 cm³/mol. The number of benzene rings is 1. The summed E-state index contributed by atoms with van der Waals surface area (Å²) in [4.78, 5) is 0. The zero-order valence-corrected chi connectivity index (χ0v) is 11.3. The topological polar surface area (TPSA) is 38.0 Å². The van der Waals surface area contributed by atoms with Crippen LogP contribution in [-0.4, -0.2) is 17.9 Å². The quantitative estimate of drug-likeness (QED) is 0.336. The second kappa shape index (κ2) is 7.27. The summed E-state index contributed by atoms with van der Waals surface area (Å²) >= 11 is 16.7. The van der Waals surface area contributed by atoms with Crippen molar-refractivity contribution in [1.29, 1.82) is 0 Å². The molecular weight excluding hydrogens is 277 g/mol. The van der Waals surface area contributed by atoms with Crippen molar-refractivity contribution >= 4 is 46.7 Å². The highest BCUT2D eigenvalue weighted by molar-refractivity contribution is 7.80. The zero-order chi connectivity index (χ0) is 12.7. The van der Waals surface area contributed by atoms with Crippen LogP contribution in [0.3, 0.4) is 0 Å². The van der Waals surface area contributed by atoms with Crippen LogP contribution in [0.5, 0.6) is 0 Å². The summed E-state index contributed by atoms with van der Waals surface area (Å²) in [5.74, 6) is 0. The molecule has 1 aromatic carbocycles. The molecule has 17 heavy (non-hydrogen) atoms. The van der Waals surface area contributed by atoms with Gasteiger partial charge in [-0.3, -0.25) is 0 Å². The Kier molecular flexibility index (Phi) is 5.97. The molecule has 0 spiro atoms. The molecule has 0 saturated heterocycles. The minimum absolute atomic E-state index is 0.487. The first kappa shape index (κ1) is 14.0. The number of nitrogens with one attached hydrogen (secondary N) is 3. The normalized spacial score (nSPS) is 10.2.